The summed E-state index contributed by atoms with van der Waals surface area (Å²) < 4.78 is 0. The molecule has 0 saturated carbocycles. The van der Waals surface area contributed by atoms with Crippen LogP contribution in [0.15, 0.2) is 18.2 Å². The van der Waals surface area contributed by atoms with Gasteiger partial charge in [0.25, 0.3) is 0 Å². The van der Waals surface area contributed by atoms with Crippen molar-refractivity contribution >= 4 is 11.6 Å². The van der Waals surface area contributed by atoms with Gasteiger partial charge in [-0.15, -0.1) is 0 Å². The highest BCUT2D eigenvalue weighted by Gasteiger charge is 2.23. The maximum absolute atomic E-state index is 11.6. The third-order valence-electron chi connectivity index (χ3n) is 3.48. The molecule has 1 aromatic carbocycles. The highest BCUT2D eigenvalue weighted by atomic mass is 16.3. The summed E-state index contributed by atoms with van der Waals surface area (Å²) in [5.74, 6) is 0.166. The number of aliphatic hydroxyl groups excluding tert-OH is 1. The monoisotopic (exact) mass is 248 g/mol. The third-order valence-corrected chi connectivity index (χ3v) is 3.48. The fourth-order valence-electron chi connectivity index (χ4n) is 2.28. The number of aliphatic hydroxyl groups is 1. The van der Waals surface area contributed by atoms with Gasteiger partial charge >= 0.3 is 0 Å². The standard InChI is InChI=1S/C14H20N2O2/c1-15(7-8-17)6-5-11-3-4-13-12(9-11)10-14(18)16(13)2/h3-4,9,17H,5-8,10H2,1-2H3. The topological polar surface area (TPSA) is 43.8 Å². The predicted molar refractivity (Wildman–Crippen MR) is 71.8 cm³/mol. The number of hydrogen-bond acceptors (Lipinski definition) is 3. The number of amides is 1. The second-order valence-corrected chi connectivity index (χ2v) is 4.87. The van der Waals surface area contributed by atoms with E-state index in [0.717, 1.165) is 24.2 Å². The van der Waals surface area contributed by atoms with Gasteiger partial charge in [0.05, 0.1) is 13.0 Å². The van der Waals surface area contributed by atoms with Gasteiger partial charge in [-0.05, 0) is 30.7 Å². The van der Waals surface area contributed by atoms with Crippen molar-refractivity contribution in [2.24, 2.45) is 0 Å². The first-order chi connectivity index (χ1) is 8.61. The van der Waals surface area contributed by atoms with E-state index in [1.807, 2.05) is 20.2 Å². The maximum Gasteiger partial charge on any atom is 0.231 e. The number of benzene rings is 1. The van der Waals surface area contributed by atoms with Crippen LogP contribution in [0, 0.1) is 0 Å². The zero-order valence-corrected chi connectivity index (χ0v) is 11.0. The molecule has 4 nitrogen and oxygen atoms in total. The Balaban J connectivity index is 2.00. The Bertz CT molecular complexity index is 445. The number of carbonyl (C=O) groups is 1. The van der Waals surface area contributed by atoms with Crippen molar-refractivity contribution in [2.45, 2.75) is 12.8 Å². The lowest BCUT2D eigenvalue weighted by Crippen LogP contribution is -2.24. The first-order valence-corrected chi connectivity index (χ1v) is 6.29. The Labute approximate surface area is 108 Å². The second kappa shape index (κ2) is 5.50. The van der Waals surface area contributed by atoms with Crippen LogP contribution in [-0.4, -0.2) is 49.7 Å². The summed E-state index contributed by atoms with van der Waals surface area (Å²) in [7, 11) is 3.82. The molecule has 1 amide bonds. The van der Waals surface area contributed by atoms with Crippen molar-refractivity contribution in [3.63, 3.8) is 0 Å². The lowest BCUT2D eigenvalue weighted by Gasteiger charge is -2.15. The van der Waals surface area contributed by atoms with Crippen LogP contribution >= 0.6 is 0 Å². The minimum atomic E-state index is 0.166. The summed E-state index contributed by atoms with van der Waals surface area (Å²) in [5.41, 5.74) is 3.42. The molecule has 0 fully saturated rings. The van der Waals surface area contributed by atoms with Gasteiger partial charge in [-0.25, -0.2) is 0 Å². The van der Waals surface area contributed by atoms with Gasteiger partial charge in [0.15, 0.2) is 0 Å². The average molecular weight is 248 g/mol. The molecule has 18 heavy (non-hydrogen) atoms. The lowest BCUT2D eigenvalue weighted by molar-refractivity contribution is -0.117. The van der Waals surface area contributed by atoms with Gasteiger partial charge in [-0.2, -0.15) is 0 Å². The number of hydrogen-bond donors (Lipinski definition) is 1. The summed E-state index contributed by atoms with van der Waals surface area (Å²) in [6.07, 6.45) is 1.47. The van der Waals surface area contributed by atoms with Gasteiger partial charge in [-0.1, -0.05) is 12.1 Å². The Morgan fingerprint density at radius 1 is 1.39 bits per heavy atom. The van der Waals surface area contributed by atoms with Crippen molar-refractivity contribution < 1.29 is 9.90 Å². The lowest BCUT2D eigenvalue weighted by atomic mass is 10.1. The SMILES string of the molecule is CN(CCO)CCc1ccc2c(c1)CC(=O)N2C. The normalized spacial score (nSPS) is 14.4. The minimum Gasteiger partial charge on any atom is -0.395 e. The summed E-state index contributed by atoms with van der Waals surface area (Å²) in [4.78, 5) is 15.4. The van der Waals surface area contributed by atoms with Crippen LogP contribution in [0.5, 0.6) is 0 Å². The maximum atomic E-state index is 11.6. The van der Waals surface area contributed by atoms with Gasteiger partial charge in [0, 0.05) is 25.8 Å². The average Bonchev–Trinajstić information content (AvgIpc) is 2.63. The van der Waals surface area contributed by atoms with Crippen LogP contribution in [0.4, 0.5) is 5.69 Å². The molecule has 0 spiro atoms. The number of carbonyl (C=O) groups excluding carboxylic acids is 1. The van der Waals surface area contributed by atoms with Crippen molar-refractivity contribution in [3.05, 3.63) is 29.3 Å². The van der Waals surface area contributed by atoms with Gasteiger partial charge in [0.2, 0.25) is 5.91 Å². The summed E-state index contributed by atoms with van der Waals surface area (Å²) >= 11 is 0. The molecular formula is C14H20N2O2. The van der Waals surface area contributed by atoms with Gasteiger partial charge in [0.1, 0.15) is 0 Å². The fraction of sp³-hybridized carbons (Fsp3) is 0.500. The largest absolute Gasteiger partial charge is 0.395 e. The smallest absolute Gasteiger partial charge is 0.231 e. The zero-order valence-electron chi connectivity index (χ0n) is 11.0. The van der Waals surface area contributed by atoms with Gasteiger partial charge in [-0.3, -0.25) is 4.79 Å². The van der Waals surface area contributed by atoms with Crippen LogP contribution in [0.1, 0.15) is 11.1 Å². The van der Waals surface area contributed by atoms with Crippen LogP contribution in [0.3, 0.4) is 0 Å². The van der Waals surface area contributed by atoms with Crippen molar-refractivity contribution in [1.82, 2.24) is 4.90 Å². The molecule has 0 aliphatic carbocycles. The van der Waals surface area contributed by atoms with Gasteiger partial charge < -0.3 is 14.9 Å². The Kier molecular flexibility index (Phi) is 3.99. The molecule has 0 radical (unpaired) electrons. The van der Waals surface area contributed by atoms with E-state index in [0.29, 0.717) is 13.0 Å². The van der Waals surface area contributed by atoms with Crippen LogP contribution in [-0.2, 0) is 17.6 Å². The molecule has 0 bridgehead atoms. The molecule has 98 valence electrons. The third kappa shape index (κ3) is 2.71. The number of nitrogens with zero attached hydrogens (tertiary/aromatic N) is 2. The summed E-state index contributed by atoms with van der Waals surface area (Å²) in [6, 6.07) is 6.24. The molecule has 1 aromatic rings. The summed E-state index contributed by atoms with van der Waals surface area (Å²) in [6.45, 7) is 1.81. The van der Waals surface area contributed by atoms with Crippen LogP contribution in [0.2, 0.25) is 0 Å². The molecular weight excluding hydrogens is 228 g/mol. The van der Waals surface area contributed by atoms with Crippen molar-refractivity contribution in [3.8, 4) is 0 Å². The molecule has 0 unspecified atom stereocenters. The Hall–Kier alpha value is -1.39. The Morgan fingerprint density at radius 3 is 2.89 bits per heavy atom. The number of anilines is 1. The van der Waals surface area contributed by atoms with Crippen LogP contribution in [0.25, 0.3) is 0 Å². The fourth-order valence-corrected chi connectivity index (χ4v) is 2.28. The molecule has 0 atom stereocenters. The second-order valence-electron chi connectivity index (χ2n) is 4.87. The first kappa shape index (κ1) is 13.1. The molecule has 1 heterocycles. The highest BCUT2D eigenvalue weighted by molar-refractivity contribution is 6.00. The van der Waals surface area contributed by atoms with Crippen LogP contribution < -0.4 is 4.90 Å². The van der Waals surface area contributed by atoms with Crippen molar-refractivity contribution in [1.29, 1.82) is 0 Å². The molecule has 0 aromatic heterocycles. The summed E-state index contributed by atoms with van der Waals surface area (Å²) in [5, 5.41) is 8.83. The highest BCUT2D eigenvalue weighted by Crippen LogP contribution is 2.28. The van der Waals surface area contributed by atoms with E-state index < -0.39 is 0 Å². The quantitative estimate of drug-likeness (QED) is 0.833. The van der Waals surface area contributed by atoms with E-state index in [4.69, 9.17) is 5.11 Å². The minimum absolute atomic E-state index is 0.166. The molecule has 2 rings (SSSR count). The molecule has 4 heteroatoms. The van der Waals surface area contributed by atoms with E-state index >= 15 is 0 Å². The van der Waals surface area contributed by atoms with E-state index in [1.54, 1.807) is 4.90 Å². The van der Waals surface area contributed by atoms with E-state index in [1.165, 1.54) is 5.56 Å². The molecule has 1 N–H and O–H groups in total. The molecule has 1 aliphatic heterocycles. The van der Waals surface area contributed by atoms with E-state index in [9.17, 15) is 4.79 Å². The number of fused-ring (bicyclic) bond motifs is 1. The zero-order chi connectivity index (χ0) is 13.1. The van der Waals surface area contributed by atoms with Crippen molar-refractivity contribution in [2.75, 3.05) is 38.7 Å². The number of rotatable bonds is 5. The first-order valence-electron chi connectivity index (χ1n) is 6.29. The number of likely N-dealkylation sites (N-methyl/N-ethyl adjacent to an activating group) is 2. The van der Waals surface area contributed by atoms with E-state index in [-0.39, 0.29) is 12.5 Å². The van der Waals surface area contributed by atoms with E-state index in [2.05, 4.69) is 17.0 Å². The molecule has 0 saturated heterocycles. The Morgan fingerprint density at radius 2 is 2.17 bits per heavy atom. The predicted octanol–water partition coefficient (Wildman–Crippen LogP) is 0.672. The molecule has 1 aliphatic rings.